The highest BCUT2D eigenvalue weighted by Gasteiger charge is 2.41. The summed E-state index contributed by atoms with van der Waals surface area (Å²) in [6.45, 7) is 9.29. The smallest absolute Gasteiger partial charge is 0.245 e. The minimum Gasteiger partial charge on any atom is -0.391 e. The standard InChI is InChI=1S/C42H71N7O8/c1-5-22-43-40(55)37(30(4)50)46-39(54)34-19-15-26-48(34)41(56)29(3)44-38(53)33-18-11-14-25-49(33)42(57)32(20-21-36(52)47-23-12-6-7-13-24-47)45-35(51)27-28(2)31-16-9-8-10-17-31/h28-34,37,50H,5-27H2,1-4H3,(H,43,55)(H,44,53)(H,45,51)(H,46,54)/t28-,29-,30+,32-,33-,34-,37-/m0/s1. The molecule has 57 heavy (non-hydrogen) atoms. The zero-order valence-electron chi connectivity index (χ0n) is 35.0. The predicted octanol–water partition coefficient (Wildman–Crippen LogP) is 2.53. The van der Waals surface area contributed by atoms with E-state index in [4.69, 9.17) is 0 Å². The third-order valence-electron chi connectivity index (χ3n) is 12.5. The van der Waals surface area contributed by atoms with Crippen LogP contribution in [-0.2, 0) is 33.6 Å². The van der Waals surface area contributed by atoms with Crippen molar-refractivity contribution in [2.45, 2.75) is 180 Å². The molecule has 0 aromatic carbocycles. The third-order valence-corrected chi connectivity index (χ3v) is 12.5. The van der Waals surface area contributed by atoms with Gasteiger partial charge in [0.15, 0.2) is 0 Å². The average Bonchev–Trinajstić information content (AvgIpc) is 3.54. The van der Waals surface area contributed by atoms with Crippen LogP contribution in [0.3, 0.4) is 0 Å². The molecule has 4 aliphatic rings. The topological polar surface area (TPSA) is 198 Å². The van der Waals surface area contributed by atoms with Crippen LogP contribution in [0, 0.1) is 11.8 Å². The molecule has 0 unspecified atom stereocenters. The number of carbonyl (C=O) groups excluding carboxylic acids is 7. The molecule has 0 spiro atoms. The number of rotatable bonds is 17. The largest absolute Gasteiger partial charge is 0.391 e. The van der Waals surface area contributed by atoms with Crippen molar-refractivity contribution in [3.8, 4) is 0 Å². The zero-order chi connectivity index (χ0) is 41.5. The van der Waals surface area contributed by atoms with E-state index in [1.165, 1.54) is 23.1 Å². The Balaban J connectivity index is 1.42. The van der Waals surface area contributed by atoms with Crippen LogP contribution in [0.4, 0.5) is 0 Å². The van der Waals surface area contributed by atoms with Crippen molar-refractivity contribution >= 4 is 41.4 Å². The maximum atomic E-state index is 14.4. The molecule has 0 aromatic rings. The Hall–Kier alpha value is -3.75. The molecule has 0 bridgehead atoms. The molecule has 4 rings (SSSR count). The maximum Gasteiger partial charge on any atom is 0.245 e. The van der Waals surface area contributed by atoms with Gasteiger partial charge in [-0.15, -0.1) is 0 Å². The molecular weight excluding hydrogens is 731 g/mol. The lowest BCUT2D eigenvalue weighted by molar-refractivity contribution is -0.147. The minimum absolute atomic E-state index is 0.0325. The fraction of sp³-hybridized carbons (Fsp3) is 0.833. The van der Waals surface area contributed by atoms with Gasteiger partial charge in [-0.05, 0) is 83.5 Å². The van der Waals surface area contributed by atoms with E-state index in [0.717, 1.165) is 51.4 Å². The fourth-order valence-electron chi connectivity index (χ4n) is 9.02. The molecule has 4 fully saturated rings. The summed E-state index contributed by atoms with van der Waals surface area (Å²) in [5.74, 6) is -2.07. The molecule has 1 saturated carbocycles. The van der Waals surface area contributed by atoms with Crippen LogP contribution in [0.2, 0.25) is 0 Å². The predicted molar refractivity (Wildman–Crippen MR) is 215 cm³/mol. The van der Waals surface area contributed by atoms with Crippen molar-refractivity contribution in [3.05, 3.63) is 0 Å². The number of aliphatic hydroxyl groups excluding tert-OH is 1. The number of hydrogen-bond acceptors (Lipinski definition) is 8. The van der Waals surface area contributed by atoms with Crippen molar-refractivity contribution in [3.63, 3.8) is 0 Å². The molecule has 5 N–H and O–H groups in total. The van der Waals surface area contributed by atoms with E-state index >= 15 is 0 Å². The second-order valence-electron chi connectivity index (χ2n) is 17.0. The molecule has 7 atom stereocenters. The maximum absolute atomic E-state index is 14.4. The first-order valence-electron chi connectivity index (χ1n) is 22.1. The Labute approximate surface area is 339 Å². The summed E-state index contributed by atoms with van der Waals surface area (Å²) in [5.41, 5.74) is 0. The Morgan fingerprint density at radius 2 is 1.23 bits per heavy atom. The van der Waals surface area contributed by atoms with Gasteiger partial charge >= 0.3 is 0 Å². The lowest BCUT2D eigenvalue weighted by Crippen LogP contribution is -2.60. The number of nitrogens with zero attached hydrogens (tertiary/aromatic N) is 3. The first kappa shape index (κ1) is 45.9. The van der Waals surface area contributed by atoms with E-state index in [1.54, 1.807) is 6.92 Å². The lowest BCUT2D eigenvalue weighted by atomic mass is 9.79. The molecule has 3 saturated heterocycles. The van der Waals surface area contributed by atoms with Gasteiger partial charge in [0.25, 0.3) is 0 Å². The molecule has 0 aromatic heterocycles. The number of amides is 7. The highest BCUT2D eigenvalue weighted by molar-refractivity contribution is 5.97. The summed E-state index contributed by atoms with van der Waals surface area (Å²) in [4.78, 5) is 99.7. The van der Waals surface area contributed by atoms with Crippen molar-refractivity contribution in [2.75, 3.05) is 32.7 Å². The van der Waals surface area contributed by atoms with Gasteiger partial charge in [0.05, 0.1) is 6.10 Å². The SMILES string of the molecule is CCCNC(=O)[C@@H](NC(=O)[C@@H]1CCCN1C(=O)[C@H](C)NC(=O)[C@@H]1CCCCN1C(=O)[C@H](CCC(=O)N1CCCCCC1)NC(=O)C[C@H](C)C1CCCCC1)[C@@H](C)O. The van der Waals surface area contributed by atoms with Crippen molar-refractivity contribution in [1.82, 2.24) is 36.0 Å². The normalized spacial score (nSPS) is 23.3. The quantitative estimate of drug-likeness (QED) is 0.148. The number of hydrogen-bond donors (Lipinski definition) is 5. The van der Waals surface area contributed by atoms with Crippen molar-refractivity contribution < 1.29 is 38.7 Å². The van der Waals surface area contributed by atoms with E-state index < -0.39 is 65.8 Å². The molecule has 15 nitrogen and oxygen atoms in total. The zero-order valence-corrected chi connectivity index (χ0v) is 35.0. The van der Waals surface area contributed by atoms with Gasteiger partial charge in [-0.25, -0.2) is 0 Å². The van der Waals surface area contributed by atoms with E-state index in [-0.39, 0.29) is 37.1 Å². The lowest BCUT2D eigenvalue weighted by Gasteiger charge is -2.38. The monoisotopic (exact) mass is 802 g/mol. The van der Waals surface area contributed by atoms with Gasteiger partial charge in [-0.1, -0.05) is 58.8 Å². The van der Waals surface area contributed by atoms with E-state index in [0.29, 0.717) is 77.0 Å². The number of nitrogens with one attached hydrogen (secondary N) is 4. The third kappa shape index (κ3) is 13.4. The molecule has 3 aliphatic heterocycles. The first-order valence-corrected chi connectivity index (χ1v) is 22.1. The van der Waals surface area contributed by atoms with Crippen LogP contribution >= 0.6 is 0 Å². The summed E-state index contributed by atoms with van der Waals surface area (Å²) in [6, 6.07) is -4.94. The molecule has 322 valence electrons. The second kappa shape index (κ2) is 23.0. The van der Waals surface area contributed by atoms with Crippen LogP contribution in [-0.4, -0.2) is 130 Å². The summed E-state index contributed by atoms with van der Waals surface area (Å²) in [7, 11) is 0. The average molecular weight is 802 g/mol. The van der Waals surface area contributed by atoms with E-state index in [9.17, 15) is 38.7 Å². The molecule has 15 heteroatoms. The van der Waals surface area contributed by atoms with Crippen LogP contribution in [0.25, 0.3) is 0 Å². The van der Waals surface area contributed by atoms with Gasteiger partial charge in [-0.2, -0.15) is 0 Å². The van der Waals surface area contributed by atoms with Gasteiger partial charge in [0, 0.05) is 45.6 Å². The van der Waals surface area contributed by atoms with Crippen LogP contribution in [0.1, 0.15) is 143 Å². The Morgan fingerprint density at radius 3 is 1.88 bits per heavy atom. The van der Waals surface area contributed by atoms with E-state index in [1.807, 2.05) is 11.8 Å². The van der Waals surface area contributed by atoms with Gasteiger partial charge in [0.2, 0.25) is 41.4 Å². The number of likely N-dealkylation sites (tertiary alicyclic amines) is 3. The van der Waals surface area contributed by atoms with Gasteiger partial charge < -0.3 is 41.1 Å². The number of carbonyl (C=O) groups is 7. The summed E-state index contributed by atoms with van der Waals surface area (Å²) in [5, 5.41) is 21.3. The molecule has 0 radical (unpaired) electrons. The second-order valence-corrected chi connectivity index (χ2v) is 17.0. The molecule has 1 aliphatic carbocycles. The summed E-state index contributed by atoms with van der Waals surface area (Å²) in [6.07, 6.45) is 12.5. The van der Waals surface area contributed by atoms with Gasteiger partial charge in [-0.3, -0.25) is 33.6 Å². The minimum atomic E-state index is -1.19. The summed E-state index contributed by atoms with van der Waals surface area (Å²) < 4.78 is 0. The molecule has 3 heterocycles. The van der Waals surface area contributed by atoms with Crippen LogP contribution in [0.5, 0.6) is 0 Å². The summed E-state index contributed by atoms with van der Waals surface area (Å²) >= 11 is 0. The Kier molecular flexibility index (Phi) is 18.5. The Morgan fingerprint density at radius 1 is 0.667 bits per heavy atom. The van der Waals surface area contributed by atoms with Crippen molar-refractivity contribution in [1.29, 1.82) is 0 Å². The van der Waals surface area contributed by atoms with Crippen LogP contribution in [0.15, 0.2) is 0 Å². The highest BCUT2D eigenvalue weighted by Crippen LogP contribution is 2.31. The number of aliphatic hydroxyl groups is 1. The van der Waals surface area contributed by atoms with E-state index in [2.05, 4.69) is 28.2 Å². The molecular formula is C42H71N7O8. The Bertz CT molecular complexity index is 1380. The fourth-order valence-corrected chi connectivity index (χ4v) is 9.02. The van der Waals surface area contributed by atoms with Crippen molar-refractivity contribution in [2.24, 2.45) is 11.8 Å². The van der Waals surface area contributed by atoms with Gasteiger partial charge in [0.1, 0.15) is 30.2 Å². The first-order chi connectivity index (χ1) is 27.3. The van der Waals surface area contributed by atoms with Crippen LogP contribution < -0.4 is 21.3 Å². The number of piperidine rings is 1. The molecule has 7 amide bonds. The highest BCUT2D eigenvalue weighted by atomic mass is 16.3.